The van der Waals surface area contributed by atoms with Gasteiger partial charge in [0.2, 0.25) is 0 Å². The molecule has 1 atom stereocenters. The van der Waals surface area contributed by atoms with E-state index in [1.165, 1.54) is 17.2 Å². The van der Waals surface area contributed by atoms with Crippen LogP contribution >= 0.6 is 0 Å². The van der Waals surface area contributed by atoms with E-state index < -0.39 is 0 Å². The summed E-state index contributed by atoms with van der Waals surface area (Å²) in [4.78, 5) is 6.98. The Balaban J connectivity index is 1.89. The molecule has 1 unspecified atom stereocenters. The number of hydrogen-bond acceptors (Lipinski definition) is 2. The highest BCUT2D eigenvalue weighted by Gasteiger charge is 2.31. The summed E-state index contributed by atoms with van der Waals surface area (Å²) in [6, 6.07) is 13.9. The minimum absolute atomic E-state index is 0.144. The van der Waals surface area contributed by atoms with Crippen LogP contribution in [0.2, 0.25) is 0 Å². The molecule has 2 aromatic rings. The van der Waals surface area contributed by atoms with Crippen LogP contribution in [0.5, 0.6) is 0 Å². The van der Waals surface area contributed by atoms with Crippen LogP contribution in [-0.2, 0) is 12.8 Å². The van der Waals surface area contributed by atoms with E-state index in [0.717, 1.165) is 30.1 Å². The van der Waals surface area contributed by atoms with Crippen LogP contribution in [0.25, 0.3) is 0 Å². The lowest BCUT2D eigenvalue weighted by molar-refractivity contribution is 0.296. The van der Waals surface area contributed by atoms with Gasteiger partial charge in [-0.05, 0) is 36.6 Å². The Morgan fingerprint density at radius 2 is 2.00 bits per heavy atom. The van der Waals surface area contributed by atoms with E-state index in [1.54, 1.807) is 6.07 Å². The standard InChI is InChI=1S/C18H17FN2/c1-12-20-17-8-4-7-16(19)15(17)11-18-14-6-3-2-5-13(14)9-10-21(12)18/h2-8,18H,9-11H2,1H3. The molecule has 0 bridgehead atoms. The minimum atomic E-state index is -0.144. The first-order chi connectivity index (χ1) is 10.2. The second-order valence-electron chi connectivity index (χ2n) is 5.76. The second-order valence-corrected chi connectivity index (χ2v) is 5.76. The van der Waals surface area contributed by atoms with Gasteiger partial charge in [0.25, 0.3) is 0 Å². The zero-order chi connectivity index (χ0) is 14.4. The Morgan fingerprint density at radius 3 is 2.90 bits per heavy atom. The third-order valence-electron chi connectivity index (χ3n) is 4.60. The van der Waals surface area contributed by atoms with E-state index in [0.29, 0.717) is 6.42 Å². The highest BCUT2D eigenvalue weighted by Crippen LogP contribution is 2.38. The van der Waals surface area contributed by atoms with Crippen LogP contribution < -0.4 is 0 Å². The lowest BCUT2D eigenvalue weighted by Crippen LogP contribution is -2.39. The second kappa shape index (κ2) is 4.69. The van der Waals surface area contributed by atoms with E-state index in [1.807, 2.05) is 13.0 Å². The average molecular weight is 280 g/mol. The van der Waals surface area contributed by atoms with Crippen molar-refractivity contribution in [3.63, 3.8) is 0 Å². The maximum absolute atomic E-state index is 14.2. The number of amidine groups is 1. The van der Waals surface area contributed by atoms with Crippen molar-refractivity contribution in [2.45, 2.75) is 25.8 Å². The lowest BCUT2D eigenvalue weighted by atomic mass is 9.88. The van der Waals surface area contributed by atoms with Crippen molar-refractivity contribution in [3.8, 4) is 0 Å². The fourth-order valence-corrected chi connectivity index (χ4v) is 3.55. The highest BCUT2D eigenvalue weighted by atomic mass is 19.1. The Labute approximate surface area is 123 Å². The van der Waals surface area contributed by atoms with E-state index in [9.17, 15) is 4.39 Å². The van der Waals surface area contributed by atoms with Crippen molar-refractivity contribution in [2.24, 2.45) is 4.99 Å². The fourth-order valence-electron chi connectivity index (χ4n) is 3.55. The van der Waals surface area contributed by atoms with Gasteiger partial charge in [-0.15, -0.1) is 0 Å². The first-order valence-corrected chi connectivity index (χ1v) is 7.41. The first kappa shape index (κ1) is 12.6. The van der Waals surface area contributed by atoms with E-state index in [2.05, 4.69) is 34.2 Å². The molecule has 3 heteroatoms. The smallest absolute Gasteiger partial charge is 0.128 e. The zero-order valence-electron chi connectivity index (χ0n) is 12.0. The van der Waals surface area contributed by atoms with Gasteiger partial charge in [0, 0.05) is 18.5 Å². The molecule has 2 aromatic carbocycles. The molecule has 106 valence electrons. The monoisotopic (exact) mass is 280 g/mol. The minimum Gasteiger partial charge on any atom is -0.353 e. The average Bonchev–Trinajstić information content (AvgIpc) is 2.65. The van der Waals surface area contributed by atoms with Gasteiger partial charge in [-0.2, -0.15) is 0 Å². The predicted octanol–water partition coefficient (Wildman–Crippen LogP) is 4.03. The van der Waals surface area contributed by atoms with Crippen molar-refractivity contribution < 1.29 is 4.39 Å². The number of aliphatic imine (C=N–C) groups is 1. The van der Waals surface area contributed by atoms with E-state index in [4.69, 9.17) is 0 Å². The molecule has 0 saturated carbocycles. The Hall–Kier alpha value is -2.16. The summed E-state index contributed by atoms with van der Waals surface area (Å²) >= 11 is 0. The van der Waals surface area contributed by atoms with Gasteiger partial charge in [0.1, 0.15) is 11.7 Å². The molecule has 0 spiro atoms. The maximum atomic E-state index is 14.2. The van der Waals surface area contributed by atoms with Crippen LogP contribution in [0, 0.1) is 5.82 Å². The van der Waals surface area contributed by atoms with Crippen LogP contribution in [0.1, 0.15) is 29.7 Å². The zero-order valence-corrected chi connectivity index (χ0v) is 12.0. The number of halogens is 1. The van der Waals surface area contributed by atoms with E-state index in [-0.39, 0.29) is 11.9 Å². The largest absolute Gasteiger partial charge is 0.353 e. The first-order valence-electron chi connectivity index (χ1n) is 7.41. The van der Waals surface area contributed by atoms with Gasteiger partial charge in [-0.1, -0.05) is 30.3 Å². The van der Waals surface area contributed by atoms with Crippen LogP contribution in [0.4, 0.5) is 10.1 Å². The molecule has 0 aromatic heterocycles. The van der Waals surface area contributed by atoms with Gasteiger partial charge < -0.3 is 4.90 Å². The molecule has 21 heavy (non-hydrogen) atoms. The van der Waals surface area contributed by atoms with Crippen LogP contribution in [0.15, 0.2) is 47.5 Å². The predicted molar refractivity (Wildman–Crippen MR) is 82.5 cm³/mol. The lowest BCUT2D eigenvalue weighted by Gasteiger charge is -2.37. The molecule has 0 saturated heterocycles. The summed E-state index contributed by atoms with van der Waals surface area (Å²) in [5.41, 5.74) is 4.21. The number of hydrogen-bond donors (Lipinski definition) is 0. The molecule has 2 heterocycles. The Kier molecular flexibility index (Phi) is 2.81. The Morgan fingerprint density at radius 1 is 1.14 bits per heavy atom. The summed E-state index contributed by atoms with van der Waals surface area (Å²) in [6.45, 7) is 2.98. The van der Waals surface area contributed by atoms with Crippen molar-refractivity contribution >= 4 is 11.5 Å². The number of fused-ring (bicyclic) bond motifs is 4. The molecule has 2 aliphatic heterocycles. The molecule has 2 nitrogen and oxygen atoms in total. The number of nitrogens with zero attached hydrogens (tertiary/aromatic N) is 2. The molecular weight excluding hydrogens is 263 g/mol. The normalized spacial score (nSPS) is 20.0. The van der Waals surface area contributed by atoms with Gasteiger partial charge >= 0.3 is 0 Å². The highest BCUT2D eigenvalue weighted by molar-refractivity contribution is 5.84. The SMILES string of the molecule is CC1=Nc2cccc(F)c2CC2c3ccccc3CCN12. The van der Waals surface area contributed by atoms with Crippen LogP contribution in [0.3, 0.4) is 0 Å². The molecule has 0 radical (unpaired) electrons. The van der Waals surface area contributed by atoms with Crippen molar-refractivity contribution in [1.82, 2.24) is 4.90 Å². The van der Waals surface area contributed by atoms with Crippen molar-refractivity contribution in [2.75, 3.05) is 6.54 Å². The molecule has 0 amide bonds. The fraction of sp³-hybridized carbons (Fsp3) is 0.278. The molecular formula is C18H17FN2. The quantitative estimate of drug-likeness (QED) is 0.711. The summed E-state index contributed by atoms with van der Waals surface area (Å²) in [5, 5.41) is 0. The van der Waals surface area contributed by atoms with Gasteiger partial charge in [-0.25, -0.2) is 9.38 Å². The maximum Gasteiger partial charge on any atom is 0.128 e. The third kappa shape index (κ3) is 1.96. The summed E-state index contributed by atoms with van der Waals surface area (Å²) in [5.74, 6) is 0.841. The van der Waals surface area contributed by atoms with Gasteiger partial charge in [0.05, 0.1) is 11.7 Å². The topological polar surface area (TPSA) is 15.6 Å². The summed E-state index contributed by atoms with van der Waals surface area (Å²) in [7, 11) is 0. The molecule has 0 N–H and O–H groups in total. The van der Waals surface area contributed by atoms with Crippen molar-refractivity contribution in [3.05, 3.63) is 65.0 Å². The van der Waals surface area contributed by atoms with Crippen molar-refractivity contribution in [1.29, 1.82) is 0 Å². The molecule has 0 fully saturated rings. The summed E-state index contributed by atoms with van der Waals surface area (Å²) in [6.07, 6.45) is 1.71. The third-order valence-corrected chi connectivity index (χ3v) is 4.60. The van der Waals surface area contributed by atoms with Gasteiger partial charge in [0.15, 0.2) is 0 Å². The van der Waals surface area contributed by atoms with E-state index >= 15 is 0 Å². The van der Waals surface area contributed by atoms with Gasteiger partial charge in [-0.3, -0.25) is 0 Å². The Bertz CT molecular complexity index is 736. The number of benzene rings is 2. The molecule has 4 rings (SSSR count). The number of rotatable bonds is 0. The molecule has 2 aliphatic rings. The van der Waals surface area contributed by atoms with Crippen LogP contribution in [-0.4, -0.2) is 17.3 Å². The summed E-state index contributed by atoms with van der Waals surface area (Å²) < 4.78 is 14.2. The molecule has 0 aliphatic carbocycles.